The van der Waals surface area contributed by atoms with Crippen molar-refractivity contribution in [3.63, 3.8) is 0 Å². The first-order valence-corrected chi connectivity index (χ1v) is 15.6. The third-order valence-corrected chi connectivity index (χ3v) is 8.11. The number of likely N-dealkylation sites (tertiary alicyclic amines) is 1. The number of piperidine rings is 1. The van der Waals surface area contributed by atoms with Gasteiger partial charge in [-0.15, -0.1) is 0 Å². The van der Waals surface area contributed by atoms with Gasteiger partial charge < -0.3 is 29.3 Å². The van der Waals surface area contributed by atoms with Crippen LogP contribution in [0.15, 0.2) is 42.5 Å². The predicted molar refractivity (Wildman–Crippen MR) is 167 cm³/mol. The van der Waals surface area contributed by atoms with Gasteiger partial charge in [0.25, 0.3) is 11.8 Å². The molecule has 0 aromatic heterocycles. The van der Waals surface area contributed by atoms with E-state index in [9.17, 15) is 27.6 Å². The van der Waals surface area contributed by atoms with Crippen molar-refractivity contribution in [2.75, 3.05) is 38.3 Å². The number of hydrogen-bond donors (Lipinski definition) is 1. The van der Waals surface area contributed by atoms with E-state index in [2.05, 4.69) is 5.32 Å². The molecule has 252 valence electrons. The lowest BCUT2D eigenvalue weighted by Crippen LogP contribution is -2.55. The van der Waals surface area contributed by atoms with Crippen LogP contribution in [0.5, 0.6) is 5.75 Å². The Kier molecular flexibility index (Phi) is 10.6. The summed E-state index contributed by atoms with van der Waals surface area (Å²) in [5.74, 6) is -1.68. The van der Waals surface area contributed by atoms with Gasteiger partial charge in [0.15, 0.2) is 5.60 Å². The molecule has 0 spiro atoms. The fraction of sp³-hybridized carbons (Fsp3) is 0.559. The summed E-state index contributed by atoms with van der Waals surface area (Å²) < 4.78 is 59.9. The predicted octanol–water partition coefficient (Wildman–Crippen LogP) is 6.23. The summed E-state index contributed by atoms with van der Waals surface area (Å²) in [5.41, 5.74) is -2.85. The Morgan fingerprint density at radius 3 is 2.41 bits per heavy atom. The number of methoxy groups -OCH3 is 1. The van der Waals surface area contributed by atoms with E-state index in [0.717, 1.165) is 17.7 Å². The summed E-state index contributed by atoms with van der Waals surface area (Å²) in [5, 5.41) is 2.83. The van der Waals surface area contributed by atoms with Crippen LogP contribution in [0.4, 0.5) is 23.7 Å². The van der Waals surface area contributed by atoms with Crippen molar-refractivity contribution in [3.05, 3.63) is 59.2 Å². The number of anilines is 1. The van der Waals surface area contributed by atoms with Gasteiger partial charge in [0.1, 0.15) is 11.4 Å². The number of carbonyl (C=O) groups is 3. The van der Waals surface area contributed by atoms with Crippen molar-refractivity contribution in [2.45, 2.75) is 83.7 Å². The summed E-state index contributed by atoms with van der Waals surface area (Å²) >= 11 is 0. The van der Waals surface area contributed by atoms with Crippen LogP contribution in [0.2, 0.25) is 0 Å². The number of ether oxygens (including phenoxy) is 3. The van der Waals surface area contributed by atoms with E-state index >= 15 is 0 Å². The van der Waals surface area contributed by atoms with Crippen LogP contribution in [-0.4, -0.2) is 73.4 Å². The Morgan fingerprint density at radius 1 is 1.09 bits per heavy atom. The number of halogens is 3. The van der Waals surface area contributed by atoms with E-state index in [1.165, 1.54) is 23.6 Å². The molecule has 2 aliphatic heterocycles. The fourth-order valence-electron chi connectivity index (χ4n) is 5.84. The number of nitrogens with one attached hydrogen (secondary N) is 1. The first-order chi connectivity index (χ1) is 21.5. The molecule has 46 heavy (non-hydrogen) atoms. The molecule has 2 aliphatic rings. The zero-order valence-corrected chi connectivity index (χ0v) is 27.3. The number of rotatable bonds is 9. The van der Waals surface area contributed by atoms with Crippen LogP contribution in [0.3, 0.4) is 0 Å². The summed E-state index contributed by atoms with van der Waals surface area (Å²) in [6.45, 7) is 9.35. The van der Waals surface area contributed by atoms with Crippen LogP contribution in [0.25, 0.3) is 0 Å². The number of carbonyl (C=O) groups excluding carboxylic acids is 3. The van der Waals surface area contributed by atoms with Gasteiger partial charge >= 0.3 is 12.3 Å². The van der Waals surface area contributed by atoms with E-state index in [4.69, 9.17) is 14.2 Å². The Bertz CT molecular complexity index is 1410. The molecule has 0 aliphatic carbocycles. The van der Waals surface area contributed by atoms with E-state index in [1.807, 2.05) is 30.3 Å². The quantitative estimate of drug-likeness (QED) is 0.324. The highest BCUT2D eigenvalue weighted by Crippen LogP contribution is 2.44. The molecule has 0 radical (unpaired) electrons. The Hall–Kier alpha value is -3.80. The van der Waals surface area contributed by atoms with E-state index in [1.54, 1.807) is 27.9 Å². The molecule has 2 aromatic rings. The topological polar surface area (TPSA) is 97.4 Å². The average molecular weight is 648 g/mol. The lowest BCUT2D eigenvalue weighted by atomic mass is 9.85. The van der Waals surface area contributed by atoms with Crippen molar-refractivity contribution in [1.82, 2.24) is 10.2 Å². The monoisotopic (exact) mass is 647 g/mol. The van der Waals surface area contributed by atoms with E-state index in [0.29, 0.717) is 38.8 Å². The maximum atomic E-state index is 14.5. The van der Waals surface area contributed by atoms with Crippen LogP contribution in [0.1, 0.15) is 75.4 Å². The van der Waals surface area contributed by atoms with Gasteiger partial charge in [-0.1, -0.05) is 30.3 Å². The Morgan fingerprint density at radius 2 is 1.78 bits per heavy atom. The molecule has 4 rings (SSSR count). The highest BCUT2D eigenvalue weighted by atomic mass is 19.4. The molecule has 0 unspecified atom stereocenters. The number of amides is 3. The molecule has 1 fully saturated rings. The second-order valence-electron chi connectivity index (χ2n) is 13.4. The number of nitrogens with zero attached hydrogens (tertiary/aromatic N) is 2. The smallest absolute Gasteiger partial charge is 0.417 e. The standard InChI is InChI=1S/C34H44F3N3O6/c1-32(2,3)46-31(43)39-16-14-23(18-22-12-8-7-9-13-22)26(21-39)38-29(41)24-19-27-28(20-25(24)34(35,36)37)45-33(4,5)30(42)40(27)15-10-11-17-44-6/h7-9,12-13,19-20,23,26H,10-11,14-18,21H2,1-6H3,(H,38,41)/t23-,26-/m0/s1. The van der Waals surface area contributed by atoms with E-state index in [-0.39, 0.29) is 30.4 Å². The van der Waals surface area contributed by atoms with Crippen LogP contribution >= 0.6 is 0 Å². The van der Waals surface area contributed by atoms with Crippen molar-refractivity contribution >= 4 is 23.6 Å². The molecule has 9 nitrogen and oxygen atoms in total. The van der Waals surface area contributed by atoms with Gasteiger partial charge in [0, 0.05) is 33.4 Å². The van der Waals surface area contributed by atoms with Crippen LogP contribution < -0.4 is 15.0 Å². The van der Waals surface area contributed by atoms with Gasteiger partial charge in [0.2, 0.25) is 0 Å². The molecule has 2 heterocycles. The lowest BCUT2D eigenvalue weighted by Gasteiger charge is -2.40. The highest BCUT2D eigenvalue weighted by molar-refractivity contribution is 6.05. The molecule has 2 aromatic carbocycles. The zero-order chi connectivity index (χ0) is 33.9. The van der Waals surface area contributed by atoms with E-state index < -0.39 is 52.5 Å². The molecule has 0 saturated carbocycles. The number of alkyl halides is 3. The van der Waals surface area contributed by atoms with Crippen LogP contribution in [-0.2, 0) is 26.9 Å². The molecular formula is C34H44F3N3O6. The summed E-state index contributed by atoms with van der Waals surface area (Å²) in [6, 6.07) is 10.8. The van der Waals surface area contributed by atoms with Crippen molar-refractivity contribution < 1.29 is 41.8 Å². The van der Waals surface area contributed by atoms with Crippen LogP contribution in [0, 0.1) is 5.92 Å². The normalized spacial score (nSPS) is 19.7. The second-order valence-corrected chi connectivity index (χ2v) is 13.4. The van der Waals surface area contributed by atoms with Gasteiger partial charge in [-0.25, -0.2) is 4.79 Å². The maximum Gasteiger partial charge on any atom is 0.417 e. The first-order valence-electron chi connectivity index (χ1n) is 15.6. The minimum absolute atomic E-state index is 0.0614. The molecule has 1 saturated heterocycles. The van der Waals surface area contributed by atoms with Crippen molar-refractivity contribution in [2.24, 2.45) is 5.92 Å². The minimum Gasteiger partial charge on any atom is -0.476 e. The highest BCUT2D eigenvalue weighted by Gasteiger charge is 2.45. The summed E-state index contributed by atoms with van der Waals surface area (Å²) in [6.07, 6.45) is -3.24. The minimum atomic E-state index is -4.89. The average Bonchev–Trinajstić information content (AvgIpc) is 2.96. The van der Waals surface area contributed by atoms with Crippen molar-refractivity contribution in [1.29, 1.82) is 0 Å². The second kappa shape index (κ2) is 13.9. The third kappa shape index (κ3) is 8.51. The molecule has 1 N–H and O–H groups in total. The number of benzene rings is 2. The number of fused-ring (bicyclic) bond motifs is 1. The number of hydrogen-bond acceptors (Lipinski definition) is 6. The summed E-state index contributed by atoms with van der Waals surface area (Å²) in [7, 11) is 1.56. The van der Waals surface area contributed by atoms with Gasteiger partial charge in [-0.3, -0.25) is 9.59 Å². The lowest BCUT2D eigenvalue weighted by molar-refractivity contribution is -0.138. The van der Waals surface area contributed by atoms with Gasteiger partial charge in [-0.05, 0) is 83.9 Å². The molecule has 2 atom stereocenters. The summed E-state index contributed by atoms with van der Waals surface area (Å²) in [4.78, 5) is 43.1. The molecular weight excluding hydrogens is 603 g/mol. The SMILES string of the molecule is COCCCCN1C(=O)C(C)(C)Oc2cc(C(F)(F)F)c(C(=O)N[C@H]3CN(C(=O)OC(C)(C)C)CC[C@H]3Cc3ccccc3)cc21. The van der Waals surface area contributed by atoms with Crippen molar-refractivity contribution in [3.8, 4) is 5.75 Å². The zero-order valence-electron chi connectivity index (χ0n) is 27.3. The van der Waals surface area contributed by atoms with Gasteiger partial charge in [0.05, 0.1) is 22.9 Å². The first kappa shape index (κ1) is 35.1. The fourth-order valence-corrected chi connectivity index (χ4v) is 5.84. The maximum absolute atomic E-state index is 14.5. The molecule has 0 bridgehead atoms. The Labute approximate surface area is 268 Å². The largest absolute Gasteiger partial charge is 0.476 e. The number of unbranched alkanes of at least 4 members (excludes halogenated alkanes) is 1. The molecule has 3 amide bonds. The van der Waals surface area contributed by atoms with Gasteiger partial charge in [-0.2, -0.15) is 13.2 Å². The third-order valence-electron chi connectivity index (χ3n) is 8.11. The Balaban J connectivity index is 1.69. The molecule has 12 heteroatoms.